The average Bonchev–Trinajstić information content (AvgIpc) is 2.79. The predicted molar refractivity (Wildman–Crippen MR) is 72.8 cm³/mol. The van der Waals surface area contributed by atoms with Gasteiger partial charge in [-0.2, -0.15) is 4.31 Å². The predicted octanol–water partition coefficient (Wildman–Crippen LogP) is 1.12. The van der Waals surface area contributed by atoms with Crippen molar-refractivity contribution in [2.75, 3.05) is 12.8 Å². The Morgan fingerprint density at radius 3 is 2.63 bits per heavy atom. The Bertz CT molecular complexity index is 679. The molecule has 19 heavy (non-hydrogen) atoms. The fraction of sp³-hybridized carbons (Fsp3) is 0.250. The molecule has 0 saturated heterocycles. The largest absolute Gasteiger partial charge is 0.398 e. The van der Waals surface area contributed by atoms with Crippen LogP contribution in [0.4, 0.5) is 5.69 Å². The van der Waals surface area contributed by atoms with E-state index in [-0.39, 0.29) is 11.6 Å². The van der Waals surface area contributed by atoms with Crippen molar-refractivity contribution in [3.8, 4) is 0 Å². The zero-order valence-electron chi connectivity index (χ0n) is 10.8. The van der Waals surface area contributed by atoms with Gasteiger partial charge >= 0.3 is 0 Å². The molecular formula is C12H16N4O2S. The molecule has 1 heterocycles. The third kappa shape index (κ3) is 2.77. The molecule has 6 nitrogen and oxygen atoms in total. The number of imidazole rings is 1. The molecule has 0 aliphatic heterocycles. The van der Waals surface area contributed by atoms with Gasteiger partial charge in [-0.25, -0.2) is 13.4 Å². The number of aryl methyl sites for hydroxylation is 1. The highest BCUT2D eigenvalue weighted by Gasteiger charge is 2.23. The Morgan fingerprint density at radius 2 is 2.05 bits per heavy atom. The molecule has 0 saturated carbocycles. The van der Waals surface area contributed by atoms with Gasteiger partial charge in [-0.3, -0.25) is 0 Å². The smallest absolute Gasteiger partial charge is 0.260 e. The number of hydrogen-bond acceptors (Lipinski definition) is 4. The number of rotatable bonds is 4. The van der Waals surface area contributed by atoms with E-state index in [0.29, 0.717) is 11.5 Å². The number of nitrogens with zero attached hydrogens (tertiary/aromatic N) is 2. The van der Waals surface area contributed by atoms with Gasteiger partial charge in [0.1, 0.15) is 5.82 Å². The van der Waals surface area contributed by atoms with Crippen LogP contribution in [0.15, 0.2) is 35.5 Å². The molecule has 0 aliphatic carbocycles. The van der Waals surface area contributed by atoms with E-state index in [2.05, 4.69) is 9.97 Å². The zero-order valence-corrected chi connectivity index (χ0v) is 11.6. The van der Waals surface area contributed by atoms with E-state index >= 15 is 0 Å². The quantitative estimate of drug-likeness (QED) is 0.821. The molecule has 0 fully saturated rings. The molecule has 102 valence electrons. The molecule has 3 N–H and O–H groups in total. The molecule has 1 aromatic heterocycles. The van der Waals surface area contributed by atoms with Gasteiger partial charge in [0.05, 0.1) is 6.20 Å². The number of hydrogen-bond donors (Lipinski definition) is 2. The normalized spacial score (nSPS) is 11.9. The summed E-state index contributed by atoms with van der Waals surface area (Å²) in [6.45, 7) is 1.92. The van der Waals surface area contributed by atoms with Crippen LogP contribution in [0.1, 0.15) is 11.4 Å². The van der Waals surface area contributed by atoms with Crippen LogP contribution < -0.4 is 5.73 Å². The van der Waals surface area contributed by atoms with Crippen molar-refractivity contribution in [2.45, 2.75) is 18.5 Å². The van der Waals surface area contributed by atoms with E-state index in [9.17, 15) is 8.42 Å². The number of sulfonamides is 1. The maximum Gasteiger partial charge on any atom is 0.260 e. The first kappa shape index (κ1) is 13.6. The third-order valence-electron chi connectivity index (χ3n) is 2.82. The molecule has 2 rings (SSSR count). The number of aromatic amines is 1. The second kappa shape index (κ2) is 5.02. The standard InChI is InChI=1S/C12H16N4O2S/c1-9-14-7-12(15-9)19(17,18)16(2)8-10-5-3-4-6-11(10)13/h3-7H,8,13H2,1-2H3,(H,14,15). The van der Waals surface area contributed by atoms with Gasteiger partial charge in [0.2, 0.25) is 0 Å². The Balaban J connectivity index is 2.25. The van der Waals surface area contributed by atoms with Crippen molar-refractivity contribution in [1.82, 2.24) is 14.3 Å². The number of aromatic nitrogens is 2. The van der Waals surface area contributed by atoms with Crippen molar-refractivity contribution in [3.05, 3.63) is 41.9 Å². The number of H-pyrrole nitrogens is 1. The summed E-state index contributed by atoms with van der Waals surface area (Å²) in [7, 11) is -2.06. The van der Waals surface area contributed by atoms with Crippen LogP contribution in [0.3, 0.4) is 0 Å². The van der Waals surface area contributed by atoms with Crippen molar-refractivity contribution >= 4 is 15.7 Å². The van der Waals surface area contributed by atoms with E-state index in [1.165, 1.54) is 17.5 Å². The summed E-state index contributed by atoms with van der Waals surface area (Å²) in [5, 5.41) is 0.0852. The Hall–Kier alpha value is -1.86. The molecule has 7 heteroatoms. The van der Waals surface area contributed by atoms with Gasteiger partial charge in [0.15, 0.2) is 5.03 Å². The molecule has 2 aromatic rings. The lowest BCUT2D eigenvalue weighted by atomic mass is 10.2. The first-order valence-electron chi connectivity index (χ1n) is 5.72. The van der Waals surface area contributed by atoms with Crippen LogP contribution in [0.25, 0.3) is 0 Å². The number of para-hydroxylation sites is 1. The van der Waals surface area contributed by atoms with Crippen molar-refractivity contribution in [3.63, 3.8) is 0 Å². The summed E-state index contributed by atoms with van der Waals surface area (Å²) in [5.41, 5.74) is 7.16. The van der Waals surface area contributed by atoms with Gasteiger partial charge < -0.3 is 10.7 Å². The minimum atomic E-state index is -3.57. The Morgan fingerprint density at radius 1 is 1.37 bits per heavy atom. The van der Waals surface area contributed by atoms with E-state index < -0.39 is 10.0 Å². The topological polar surface area (TPSA) is 92.1 Å². The molecule has 0 radical (unpaired) electrons. The minimum Gasteiger partial charge on any atom is -0.398 e. The Kier molecular flexibility index (Phi) is 3.59. The van der Waals surface area contributed by atoms with Gasteiger partial charge in [-0.05, 0) is 18.6 Å². The number of benzene rings is 1. The maximum absolute atomic E-state index is 12.3. The third-order valence-corrected chi connectivity index (χ3v) is 4.53. The van der Waals surface area contributed by atoms with Crippen LogP contribution in [0.5, 0.6) is 0 Å². The molecule has 1 aromatic carbocycles. The lowest BCUT2D eigenvalue weighted by Crippen LogP contribution is -2.27. The maximum atomic E-state index is 12.3. The number of nitrogens with one attached hydrogen (secondary N) is 1. The number of nitrogens with two attached hydrogens (primary N) is 1. The van der Waals surface area contributed by atoms with E-state index in [1.807, 2.05) is 12.1 Å². The van der Waals surface area contributed by atoms with E-state index in [0.717, 1.165) is 5.56 Å². The summed E-state index contributed by atoms with van der Waals surface area (Å²) in [5.74, 6) is 0.561. The van der Waals surface area contributed by atoms with Crippen molar-refractivity contribution in [1.29, 1.82) is 0 Å². The highest BCUT2D eigenvalue weighted by Crippen LogP contribution is 2.18. The van der Waals surface area contributed by atoms with Gasteiger partial charge in [-0.15, -0.1) is 0 Å². The SMILES string of the molecule is Cc1ncc(S(=O)(=O)N(C)Cc2ccccc2N)[nH]1. The molecule has 0 aliphatic rings. The molecule has 0 unspecified atom stereocenters. The lowest BCUT2D eigenvalue weighted by Gasteiger charge is -2.17. The molecular weight excluding hydrogens is 264 g/mol. The van der Waals surface area contributed by atoms with Crippen LogP contribution >= 0.6 is 0 Å². The zero-order chi connectivity index (χ0) is 14.0. The molecule has 0 bridgehead atoms. The fourth-order valence-corrected chi connectivity index (χ4v) is 2.81. The summed E-state index contributed by atoms with van der Waals surface area (Å²) >= 11 is 0. The molecule has 0 amide bonds. The Labute approximate surface area is 112 Å². The minimum absolute atomic E-state index is 0.0852. The summed E-state index contributed by atoms with van der Waals surface area (Å²) in [6, 6.07) is 7.19. The van der Waals surface area contributed by atoms with Gasteiger partial charge in [0, 0.05) is 19.3 Å². The van der Waals surface area contributed by atoms with E-state index in [1.54, 1.807) is 19.1 Å². The first-order valence-corrected chi connectivity index (χ1v) is 7.16. The fourth-order valence-electron chi connectivity index (χ4n) is 1.70. The van der Waals surface area contributed by atoms with Gasteiger partial charge in [-0.1, -0.05) is 18.2 Å². The lowest BCUT2D eigenvalue weighted by molar-refractivity contribution is 0.465. The summed E-state index contributed by atoms with van der Waals surface area (Å²) in [6.07, 6.45) is 1.31. The number of anilines is 1. The van der Waals surface area contributed by atoms with Crippen LogP contribution in [0.2, 0.25) is 0 Å². The number of nitrogen functional groups attached to an aromatic ring is 1. The van der Waals surface area contributed by atoms with Crippen LogP contribution in [0, 0.1) is 6.92 Å². The molecule has 0 atom stereocenters. The molecule has 0 spiro atoms. The summed E-state index contributed by atoms with van der Waals surface area (Å²) < 4.78 is 25.8. The second-order valence-electron chi connectivity index (χ2n) is 4.29. The summed E-state index contributed by atoms with van der Waals surface area (Å²) in [4.78, 5) is 6.63. The highest BCUT2D eigenvalue weighted by atomic mass is 32.2. The first-order chi connectivity index (χ1) is 8.91. The van der Waals surface area contributed by atoms with E-state index in [4.69, 9.17) is 5.73 Å². The van der Waals surface area contributed by atoms with Crippen molar-refractivity contribution in [2.24, 2.45) is 0 Å². The second-order valence-corrected chi connectivity index (χ2v) is 6.31. The van der Waals surface area contributed by atoms with Crippen molar-refractivity contribution < 1.29 is 8.42 Å². The monoisotopic (exact) mass is 280 g/mol. The van der Waals surface area contributed by atoms with Crippen LogP contribution in [-0.4, -0.2) is 29.7 Å². The average molecular weight is 280 g/mol. The highest BCUT2D eigenvalue weighted by molar-refractivity contribution is 7.89. The van der Waals surface area contributed by atoms with Gasteiger partial charge in [0.25, 0.3) is 10.0 Å². The van der Waals surface area contributed by atoms with Crippen LogP contribution in [-0.2, 0) is 16.6 Å².